The molecule has 0 aromatic heterocycles. The number of rotatable bonds is 2. The van der Waals surface area contributed by atoms with Gasteiger partial charge in [-0.3, -0.25) is 0 Å². The molecule has 1 nitrogen and oxygen atoms in total. The van der Waals surface area contributed by atoms with Crippen molar-refractivity contribution in [2.24, 2.45) is 0 Å². The summed E-state index contributed by atoms with van der Waals surface area (Å²) >= 11 is 17.5. The largest absolute Gasteiger partial charge is 0.396 e. The Hall–Kier alpha value is 0.0500. The summed E-state index contributed by atoms with van der Waals surface area (Å²) < 4.78 is 0. The van der Waals surface area contributed by atoms with E-state index in [1.807, 2.05) is 6.92 Å². The third-order valence-corrected chi connectivity index (χ3v) is 2.89. The van der Waals surface area contributed by atoms with E-state index >= 15 is 0 Å². The third-order valence-electron chi connectivity index (χ3n) is 1.84. The molecule has 1 N–H and O–H groups in total. The first-order chi connectivity index (χ1) is 6.06. The lowest BCUT2D eigenvalue weighted by molar-refractivity contribution is 0.273. The van der Waals surface area contributed by atoms with Crippen molar-refractivity contribution in [2.45, 2.75) is 12.8 Å². The molecule has 0 amide bonds. The fourth-order valence-corrected chi connectivity index (χ4v) is 1.76. The maximum atomic E-state index is 8.94. The molecule has 0 saturated heterocycles. The summed E-state index contributed by atoms with van der Waals surface area (Å²) in [6.45, 7) is 1.91. The van der Waals surface area contributed by atoms with Crippen molar-refractivity contribution in [2.75, 3.05) is 6.61 Å². The fourth-order valence-electron chi connectivity index (χ4n) is 1.01. The van der Waals surface area contributed by atoms with Crippen molar-refractivity contribution in [3.8, 4) is 0 Å². The molecular formula is C9H9Cl3O. The minimum atomic E-state index is -0.0257. The number of aliphatic hydroxyl groups is 1. The quantitative estimate of drug-likeness (QED) is 0.780. The van der Waals surface area contributed by atoms with Crippen molar-refractivity contribution >= 4 is 34.8 Å². The monoisotopic (exact) mass is 238 g/mol. The first kappa shape index (κ1) is 11.1. The second-order valence-electron chi connectivity index (χ2n) is 2.87. The minimum Gasteiger partial charge on any atom is -0.396 e. The predicted octanol–water partition coefficient (Wildman–Crippen LogP) is 3.74. The number of hydrogen-bond acceptors (Lipinski definition) is 1. The van der Waals surface area contributed by atoms with Crippen LogP contribution < -0.4 is 0 Å². The van der Waals surface area contributed by atoms with Gasteiger partial charge >= 0.3 is 0 Å². The number of aliphatic hydroxyl groups excluding tert-OH is 1. The summed E-state index contributed by atoms with van der Waals surface area (Å²) in [5, 5.41) is 10.4. The highest BCUT2D eigenvalue weighted by Gasteiger charge is 2.11. The van der Waals surface area contributed by atoms with Crippen molar-refractivity contribution in [1.82, 2.24) is 0 Å². The molecular weight excluding hydrogens is 230 g/mol. The Morgan fingerprint density at radius 2 is 1.69 bits per heavy atom. The number of hydrogen-bond donors (Lipinski definition) is 1. The van der Waals surface area contributed by atoms with Gasteiger partial charge in [0.1, 0.15) is 0 Å². The van der Waals surface area contributed by atoms with Crippen LogP contribution in [0.5, 0.6) is 0 Å². The van der Waals surface area contributed by atoms with E-state index in [0.29, 0.717) is 15.1 Å². The van der Waals surface area contributed by atoms with Gasteiger partial charge in [-0.1, -0.05) is 41.7 Å². The molecule has 1 rings (SSSR count). The third kappa shape index (κ3) is 2.50. The molecule has 1 atom stereocenters. The molecule has 0 aliphatic rings. The second kappa shape index (κ2) is 4.52. The average Bonchev–Trinajstić information content (AvgIpc) is 2.10. The van der Waals surface area contributed by atoms with Crippen LogP contribution in [-0.4, -0.2) is 11.7 Å². The van der Waals surface area contributed by atoms with E-state index in [2.05, 4.69) is 0 Å². The van der Waals surface area contributed by atoms with Gasteiger partial charge in [-0.05, 0) is 17.7 Å². The van der Waals surface area contributed by atoms with Crippen molar-refractivity contribution < 1.29 is 5.11 Å². The van der Waals surface area contributed by atoms with E-state index in [1.165, 1.54) is 0 Å². The standard InChI is InChI=1S/C9H9Cl3O/c1-5(4-13)6-2-8(11)9(12)3-7(6)10/h2-3,5,13H,4H2,1H3. The van der Waals surface area contributed by atoms with Crippen LogP contribution in [0.3, 0.4) is 0 Å². The molecule has 13 heavy (non-hydrogen) atoms. The van der Waals surface area contributed by atoms with Crippen LogP contribution >= 0.6 is 34.8 Å². The molecule has 0 spiro atoms. The van der Waals surface area contributed by atoms with Gasteiger partial charge in [0.15, 0.2) is 0 Å². The van der Waals surface area contributed by atoms with Gasteiger partial charge in [-0.25, -0.2) is 0 Å². The van der Waals surface area contributed by atoms with Crippen LogP contribution in [0.15, 0.2) is 12.1 Å². The van der Waals surface area contributed by atoms with E-state index < -0.39 is 0 Å². The van der Waals surface area contributed by atoms with Gasteiger partial charge in [-0.2, -0.15) is 0 Å². The summed E-state index contributed by atoms with van der Waals surface area (Å²) in [4.78, 5) is 0. The average molecular weight is 240 g/mol. The van der Waals surface area contributed by atoms with E-state index in [1.54, 1.807) is 12.1 Å². The van der Waals surface area contributed by atoms with Crippen LogP contribution in [0.1, 0.15) is 18.4 Å². The molecule has 0 aliphatic carbocycles. The Morgan fingerprint density at radius 1 is 1.15 bits per heavy atom. The van der Waals surface area contributed by atoms with Gasteiger partial charge < -0.3 is 5.11 Å². The van der Waals surface area contributed by atoms with Crippen LogP contribution in [0, 0.1) is 0 Å². The number of benzene rings is 1. The Balaban J connectivity index is 3.15. The van der Waals surface area contributed by atoms with E-state index in [0.717, 1.165) is 5.56 Å². The van der Waals surface area contributed by atoms with Crippen molar-refractivity contribution in [3.05, 3.63) is 32.8 Å². The SMILES string of the molecule is CC(CO)c1cc(Cl)c(Cl)cc1Cl. The zero-order chi connectivity index (χ0) is 10.0. The lowest BCUT2D eigenvalue weighted by atomic mass is 10.0. The van der Waals surface area contributed by atoms with Gasteiger partial charge in [0, 0.05) is 17.5 Å². The topological polar surface area (TPSA) is 20.2 Å². The molecule has 0 saturated carbocycles. The van der Waals surface area contributed by atoms with Crippen LogP contribution in [-0.2, 0) is 0 Å². The van der Waals surface area contributed by atoms with Gasteiger partial charge in [0.05, 0.1) is 10.0 Å². The summed E-state index contributed by atoms with van der Waals surface area (Å²) in [6.07, 6.45) is 0. The second-order valence-corrected chi connectivity index (χ2v) is 4.09. The zero-order valence-corrected chi connectivity index (χ0v) is 9.29. The van der Waals surface area contributed by atoms with E-state index in [-0.39, 0.29) is 12.5 Å². The van der Waals surface area contributed by atoms with Gasteiger partial charge in [0.2, 0.25) is 0 Å². The van der Waals surface area contributed by atoms with Crippen LogP contribution in [0.4, 0.5) is 0 Å². The highest BCUT2D eigenvalue weighted by atomic mass is 35.5. The lowest BCUT2D eigenvalue weighted by Crippen LogP contribution is -1.99. The minimum absolute atomic E-state index is 0.0257. The molecule has 4 heteroatoms. The molecule has 1 aromatic carbocycles. The van der Waals surface area contributed by atoms with Crippen LogP contribution in [0.2, 0.25) is 15.1 Å². The molecule has 1 aromatic rings. The molecule has 0 aliphatic heterocycles. The maximum absolute atomic E-state index is 8.94. The zero-order valence-electron chi connectivity index (χ0n) is 7.02. The molecule has 0 radical (unpaired) electrons. The summed E-state index contributed by atoms with van der Waals surface area (Å²) in [7, 11) is 0. The Kier molecular flexibility index (Phi) is 3.87. The Labute approximate surface area is 92.2 Å². The molecule has 1 unspecified atom stereocenters. The Morgan fingerprint density at radius 3 is 2.23 bits per heavy atom. The smallest absolute Gasteiger partial charge is 0.0607 e. The molecule has 0 bridgehead atoms. The van der Waals surface area contributed by atoms with Crippen molar-refractivity contribution in [3.63, 3.8) is 0 Å². The van der Waals surface area contributed by atoms with Gasteiger partial charge in [0.25, 0.3) is 0 Å². The summed E-state index contributed by atoms with van der Waals surface area (Å²) in [6, 6.07) is 3.28. The fraction of sp³-hybridized carbons (Fsp3) is 0.333. The normalized spacial score (nSPS) is 13.0. The summed E-state index contributed by atoms with van der Waals surface area (Å²) in [5.41, 5.74) is 0.818. The maximum Gasteiger partial charge on any atom is 0.0607 e. The van der Waals surface area contributed by atoms with Crippen molar-refractivity contribution in [1.29, 1.82) is 0 Å². The van der Waals surface area contributed by atoms with E-state index in [4.69, 9.17) is 39.9 Å². The molecule has 0 fully saturated rings. The first-order valence-electron chi connectivity index (χ1n) is 3.81. The predicted molar refractivity (Wildman–Crippen MR) is 57.0 cm³/mol. The summed E-state index contributed by atoms with van der Waals surface area (Å²) in [5.74, 6) is -0.0257. The lowest BCUT2D eigenvalue weighted by Gasteiger charge is -2.11. The van der Waals surface area contributed by atoms with E-state index in [9.17, 15) is 0 Å². The molecule has 72 valence electrons. The van der Waals surface area contributed by atoms with Crippen LogP contribution in [0.25, 0.3) is 0 Å². The highest BCUT2D eigenvalue weighted by Crippen LogP contribution is 2.32. The molecule has 0 heterocycles. The highest BCUT2D eigenvalue weighted by molar-refractivity contribution is 6.43. The first-order valence-corrected chi connectivity index (χ1v) is 4.95. The number of halogens is 3. The van der Waals surface area contributed by atoms with Gasteiger partial charge in [-0.15, -0.1) is 0 Å². The Bertz CT molecular complexity index is 312.